The van der Waals surface area contributed by atoms with Crippen LogP contribution >= 0.6 is 0 Å². The topological polar surface area (TPSA) is 40.2 Å². The Morgan fingerprint density at radius 1 is 1.33 bits per heavy atom. The Morgan fingerprint density at radius 2 is 2.11 bits per heavy atom. The van der Waals surface area contributed by atoms with Crippen LogP contribution in [0.15, 0.2) is 24.3 Å². The fourth-order valence-corrected chi connectivity index (χ4v) is 2.32. The second kappa shape index (κ2) is 5.55. The summed E-state index contributed by atoms with van der Waals surface area (Å²) in [5.74, 6) is 0. The molecule has 0 saturated carbocycles. The predicted octanol–water partition coefficient (Wildman–Crippen LogP) is 3.04. The predicted molar refractivity (Wildman–Crippen MR) is 75.4 cm³/mol. The average Bonchev–Trinajstić information content (AvgIpc) is 2.73. The number of ether oxygens (including phenoxy) is 1. The highest BCUT2D eigenvalue weighted by molar-refractivity contribution is 5.84. The van der Waals surface area contributed by atoms with Gasteiger partial charge in [-0.3, -0.25) is 0 Å². The second-order valence-electron chi connectivity index (χ2n) is 4.79. The number of nitrogens with two attached hydrogens (primary N) is 1. The van der Waals surface area contributed by atoms with Gasteiger partial charge in [-0.05, 0) is 38.5 Å². The smallest absolute Gasteiger partial charge is 0.0871 e. The van der Waals surface area contributed by atoms with Crippen molar-refractivity contribution in [1.29, 1.82) is 0 Å². The van der Waals surface area contributed by atoms with Gasteiger partial charge in [-0.1, -0.05) is 12.1 Å². The van der Waals surface area contributed by atoms with Crippen LogP contribution < -0.4 is 5.73 Å². The Labute approximate surface area is 109 Å². The van der Waals surface area contributed by atoms with Crippen LogP contribution in [0.1, 0.15) is 32.0 Å². The van der Waals surface area contributed by atoms with Gasteiger partial charge in [0.05, 0.1) is 12.7 Å². The number of nitrogens with zero attached hydrogens (tertiary/aromatic N) is 1. The monoisotopic (exact) mass is 246 g/mol. The van der Waals surface area contributed by atoms with E-state index < -0.39 is 0 Å². The van der Waals surface area contributed by atoms with Gasteiger partial charge in [0.1, 0.15) is 0 Å². The summed E-state index contributed by atoms with van der Waals surface area (Å²) in [5, 5.41) is 1.25. The fourth-order valence-electron chi connectivity index (χ4n) is 2.32. The highest BCUT2D eigenvalue weighted by Crippen LogP contribution is 2.24. The van der Waals surface area contributed by atoms with Gasteiger partial charge < -0.3 is 15.0 Å². The highest BCUT2D eigenvalue weighted by atomic mass is 16.5. The molecule has 0 radical (unpaired) electrons. The molecule has 2 aromatic rings. The molecular weight excluding hydrogens is 224 g/mol. The summed E-state index contributed by atoms with van der Waals surface area (Å²) in [6.45, 7) is 8.47. The summed E-state index contributed by atoms with van der Waals surface area (Å²) in [6, 6.07) is 8.53. The van der Waals surface area contributed by atoms with E-state index in [1.807, 2.05) is 0 Å². The zero-order valence-electron chi connectivity index (χ0n) is 11.4. The summed E-state index contributed by atoms with van der Waals surface area (Å²) in [4.78, 5) is 0. The van der Waals surface area contributed by atoms with Crippen molar-refractivity contribution in [2.24, 2.45) is 5.73 Å². The lowest BCUT2D eigenvalue weighted by Crippen LogP contribution is -2.07. The van der Waals surface area contributed by atoms with Crippen molar-refractivity contribution in [3.8, 4) is 0 Å². The number of aryl methyl sites for hydroxylation is 1. The molecule has 2 rings (SSSR count). The molecule has 98 valence electrons. The first-order chi connectivity index (χ1) is 8.67. The molecule has 0 fully saturated rings. The van der Waals surface area contributed by atoms with Crippen LogP contribution in [-0.2, 0) is 24.4 Å². The van der Waals surface area contributed by atoms with E-state index in [0.717, 1.165) is 6.54 Å². The lowest BCUT2D eigenvalue weighted by Gasteiger charge is -2.10. The van der Waals surface area contributed by atoms with E-state index in [1.54, 1.807) is 0 Å². The first kappa shape index (κ1) is 13.1. The largest absolute Gasteiger partial charge is 0.373 e. The van der Waals surface area contributed by atoms with Crippen molar-refractivity contribution < 1.29 is 4.74 Å². The first-order valence-electron chi connectivity index (χ1n) is 6.59. The van der Waals surface area contributed by atoms with Gasteiger partial charge in [-0.2, -0.15) is 0 Å². The lowest BCUT2D eigenvalue weighted by molar-refractivity contribution is 0.0620. The summed E-state index contributed by atoms with van der Waals surface area (Å²) in [5.41, 5.74) is 9.47. The molecule has 18 heavy (non-hydrogen) atoms. The van der Waals surface area contributed by atoms with Crippen molar-refractivity contribution in [1.82, 2.24) is 4.57 Å². The molecule has 0 aliphatic carbocycles. The third kappa shape index (κ3) is 2.42. The standard InChI is InChI=1S/C15H22N2O/c1-4-17-13(10-18-11(2)3)8-14-12(9-16)6-5-7-15(14)17/h5-8,11H,4,9-10,16H2,1-3H3. The first-order valence-corrected chi connectivity index (χ1v) is 6.59. The molecule has 0 bridgehead atoms. The van der Waals surface area contributed by atoms with E-state index in [9.17, 15) is 0 Å². The highest BCUT2D eigenvalue weighted by Gasteiger charge is 2.10. The maximum Gasteiger partial charge on any atom is 0.0871 e. The van der Waals surface area contributed by atoms with Crippen LogP contribution in [0.3, 0.4) is 0 Å². The SMILES string of the molecule is CCn1c(COC(C)C)cc2c(CN)cccc21. The Bertz CT molecular complexity index is 529. The quantitative estimate of drug-likeness (QED) is 0.880. The second-order valence-corrected chi connectivity index (χ2v) is 4.79. The molecule has 1 aromatic heterocycles. The van der Waals surface area contributed by atoms with Crippen molar-refractivity contribution >= 4 is 10.9 Å². The normalized spacial score (nSPS) is 11.6. The molecule has 3 heteroatoms. The van der Waals surface area contributed by atoms with Gasteiger partial charge in [0.25, 0.3) is 0 Å². The van der Waals surface area contributed by atoms with Crippen molar-refractivity contribution in [2.75, 3.05) is 0 Å². The number of rotatable bonds is 5. The summed E-state index contributed by atoms with van der Waals surface area (Å²) < 4.78 is 8.02. The fraction of sp³-hybridized carbons (Fsp3) is 0.467. The third-order valence-electron chi connectivity index (χ3n) is 3.22. The van der Waals surface area contributed by atoms with Gasteiger partial charge in [-0.25, -0.2) is 0 Å². The summed E-state index contributed by atoms with van der Waals surface area (Å²) in [6.07, 6.45) is 0.252. The molecule has 0 aliphatic rings. The molecule has 0 saturated heterocycles. The van der Waals surface area contributed by atoms with Gasteiger partial charge in [-0.15, -0.1) is 0 Å². The van der Waals surface area contributed by atoms with Gasteiger partial charge in [0.15, 0.2) is 0 Å². The maximum atomic E-state index is 5.80. The number of benzene rings is 1. The molecule has 0 aliphatic heterocycles. The Kier molecular flexibility index (Phi) is 4.04. The molecule has 1 heterocycles. The van der Waals surface area contributed by atoms with Crippen LogP contribution in [0, 0.1) is 0 Å². The van der Waals surface area contributed by atoms with E-state index in [0.29, 0.717) is 13.2 Å². The van der Waals surface area contributed by atoms with Gasteiger partial charge >= 0.3 is 0 Å². The summed E-state index contributed by atoms with van der Waals surface area (Å²) in [7, 11) is 0. The van der Waals surface area contributed by atoms with Crippen LogP contribution in [-0.4, -0.2) is 10.7 Å². The minimum atomic E-state index is 0.252. The maximum absolute atomic E-state index is 5.80. The molecule has 0 amide bonds. The van der Waals surface area contributed by atoms with E-state index in [1.165, 1.54) is 22.2 Å². The molecule has 0 spiro atoms. The van der Waals surface area contributed by atoms with Crippen molar-refractivity contribution in [3.05, 3.63) is 35.5 Å². The van der Waals surface area contributed by atoms with Crippen LogP contribution in [0.2, 0.25) is 0 Å². The minimum Gasteiger partial charge on any atom is -0.373 e. The molecule has 0 atom stereocenters. The average molecular weight is 246 g/mol. The molecule has 0 unspecified atom stereocenters. The molecule has 1 aromatic carbocycles. The van der Waals surface area contributed by atoms with Crippen LogP contribution in [0.25, 0.3) is 10.9 Å². The van der Waals surface area contributed by atoms with Crippen molar-refractivity contribution in [2.45, 2.75) is 46.6 Å². The van der Waals surface area contributed by atoms with E-state index in [2.05, 4.69) is 49.6 Å². The molecule has 3 nitrogen and oxygen atoms in total. The van der Waals surface area contributed by atoms with E-state index in [-0.39, 0.29) is 6.10 Å². The number of hydrogen-bond acceptors (Lipinski definition) is 2. The van der Waals surface area contributed by atoms with E-state index >= 15 is 0 Å². The minimum absolute atomic E-state index is 0.252. The lowest BCUT2D eigenvalue weighted by atomic mass is 10.1. The summed E-state index contributed by atoms with van der Waals surface area (Å²) >= 11 is 0. The Balaban J connectivity index is 2.46. The van der Waals surface area contributed by atoms with E-state index in [4.69, 9.17) is 10.5 Å². The van der Waals surface area contributed by atoms with Crippen LogP contribution in [0.4, 0.5) is 0 Å². The van der Waals surface area contributed by atoms with Crippen molar-refractivity contribution in [3.63, 3.8) is 0 Å². The Morgan fingerprint density at radius 3 is 2.72 bits per heavy atom. The third-order valence-corrected chi connectivity index (χ3v) is 3.22. The zero-order chi connectivity index (χ0) is 13.1. The molecular formula is C15H22N2O. The Hall–Kier alpha value is -1.32. The van der Waals surface area contributed by atoms with Gasteiger partial charge in [0.2, 0.25) is 0 Å². The number of fused-ring (bicyclic) bond motifs is 1. The zero-order valence-corrected chi connectivity index (χ0v) is 11.4. The number of aromatic nitrogens is 1. The number of hydrogen-bond donors (Lipinski definition) is 1. The molecule has 2 N–H and O–H groups in total. The van der Waals surface area contributed by atoms with Crippen LogP contribution in [0.5, 0.6) is 0 Å². The van der Waals surface area contributed by atoms with Gasteiger partial charge in [0, 0.05) is 29.7 Å².